The van der Waals surface area contributed by atoms with Gasteiger partial charge >= 0.3 is 0 Å². The third-order valence-corrected chi connectivity index (χ3v) is 5.37. The molecule has 0 unspecified atom stereocenters. The molecule has 0 atom stereocenters. The second kappa shape index (κ2) is 8.08. The van der Waals surface area contributed by atoms with Gasteiger partial charge in [-0.3, -0.25) is 4.79 Å². The summed E-state index contributed by atoms with van der Waals surface area (Å²) < 4.78 is 1.14. The summed E-state index contributed by atoms with van der Waals surface area (Å²) in [5.74, 6) is 0.00966. The first-order valence-electron chi connectivity index (χ1n) is 9.44. The molecule has 2 nitrogen and oxygen atoms in total. The van der Waals surface area contributed by atoms with Crippen molar-refractivity contribution in [3.05, 3.63) is 75.4 Å². The zero-order valence-electron chi connectivity index (χ0n) is 17.1. The van der Waals surface area contributed by atoms with E-state index in [-0.39, 0.29) is 5.91 Å². The number of benzene rings is 3. The number of anilines is 1. The van der Waals surface area contributed by atoms with Gasteiger partial charge in [0.05, 0.1) is 5.69 Å². The number of aryl methyl sites for hydroxylation is 2. The molecule has 3 aromatic carbocycles. The fourth-order valence-electron chi connectivity index (χ4n) is 2.96. The predicted octanol–water partition coefficient (Wildman–Crippen LogP) is 7.23. The Balaban J connectivity index is 2.24. The molecular weight excluding hydrogens is 457 g/mol. The van der Waals surface area contributed by atoms with Gasteiger partial charge < -0.3 is 5.32 Å². The van der Waals surface area contributed by atoms with Crippen LogP contribution in [-0.4, -0.2) is 5.91 Å². The van der Waals surface area contributed by atoms with Crippen LogP contribution in [0.1, 0.15) is 31.9 Å². The summed E-state index contributed by atoms with van der Waals surface area (Å²) in [5.41, 5.74) is 7.11. The second-order valence-electron chi connectivity index (χ2n) is 8.31. The third kappa shape index (κ3) is 4.64. The predicted molar refractivity (Wildman–Crippen MR) is 128 cm³/mol. The first kappa shape index (κ1) is 20.6. The monoisotopic (exact) mass is 483 g/mol. The Labute approximate surface area is 181 Å². The van der Waals surface area contributed by atoms with E-state index in [0.717, 1.165) is 31.5 Å². The van der Waals surface area contributed by atoms with Crippen LogP contribution in [0.3, 0.4) is 0 Å². The highest BCUT2D eigenvalue weighted by Crippen LogP contribution is 2.39. The van der Waals surface area contributed by atoms with Crippen LogP contribution in [0.15, 0.2) is 60.7 Å². The highest BCUT2D eigenvalue weighted by molar-refractivity contribution is 14.1. The van der Waals surface area contributed by atoms with Crippen LogP contribution in [0.5, 0.6) is 0 Å². The van der Waals surface area contributed by atoms with E-state index < -0.39 is 5.41 Å². The number of nitrogens with one attached hydrogen (secondary N) is 1. The number of hydrogen-bond acceptors (Lipinski definition) is 1. The van der Waals surface area contributed by atoms with E-state index in [1.54, 1.807) is 0 Å². The fourth-order valence-corrected chi connectivity index (χ4v) is 3.59. The van der Waals surface area contributed by atoms with E-state index in [9.17, 15) is 4.79 Å². The number of amides is 1. The van der Waals surface area contributed by atoms with Crippen molar-refractivity contribution in [2.45, 2.75) is 34.6 Å². The lowest BCUT2D eigenvalue weighted by Crippen LogP contribution is -2.28. The minimum atomic E-state index is -0.474. The fraction of sp³-hybridized carbons (Fsp3) is 0.240. The normalized spacial score (nSPS) is 11.4. The average molecular weight is 483 g/mol. The van der Waals surface area contributed by atoms with Gasteiger partial charge in [-0.1, -0.05) is 80.4 Å². The van der Waals surface area contributed by atoms with Crippen molar-refractivity contribution in [2.24, 2.45) is 5.41 Å². The number of carbonyl (C=O) groups excluding carboxylic acids is 1. The van der Waals surface area contributed by atoms with Crippen LogP contribution in [0.2, 0.25) is 0 Å². The molecule has 3 heteroatoms. The van der Waals surface area contributed by atoms with E-state index >= 15 is 0 Å². The van der Waals surface area contributed by atoms with Crippen molar-refractivity contribution < 1.29 is 4.79 Å². The molecule has 144 valence electrons. The summed E-state index contributed by atoms with van der Waals surface area (Å²) in [5, 5.41) is 3.23. The van der Waals surface area contributed by atoms with Crippen molar-refractivity contribution >= 4 is 34.2 Å². The summed E-state index contributed by atoms with van der Waals surface area (Å²) in [7, 11) is 0. The van der Waals surface area contributed by atoms with E-state index in [4.69, 9.17) is 0 Å². The number of rotatable bonds is 3. The van der Waals surface area contributed by atoms with Gasteiger partial charge in [0.25, 0.3) is 0 Å². The molecule has 1 N–H and O–H groups in total. The molecule has 0 fully saturated rings. The molecule has 28 heavy (non-hydrogen) atoms. The standard InChI is InChI=1S/C25H26INO/c1-16-6-10-18(11-7-16)21-14-20(26)15-22(19-12-8-17(2)9-13-19)23(21)27-24(28)25(3,4)5/h6-15H,1-5H3,(H,27,28). The maximum absolute atomic E-state index is 12.9. The van der Waals surface area contributed by atoms with Crippen LogP contribution in [0, 0.1) is 22.8 Å². The Hall–Kier alpha value is -2.14. The van der Waals surface area contributed by atoms with E-state index in [1.165, 1.54) is 11.1 Å². The zero-order valence-corrected chi connectivity index (χ0v) is 19.2. The van der Waals surface area contributed by atoms with E-state index in [2.05, 4.69) is 102 Å². The molecule has 0 radical (unpaired) electrons. The van der Waals surface area contributed by atoms with Gasteiger partial charge in [-0.2, -0.15) is 0 Å². The quantitative estimate of drug-likeness (QED) is 0.392. The molecule has 0 aromatic heterocycles. The summed E-state index contributed by atoms with van der Waals surface area (Å²) in [4.78, 5) is 12.9. The average Bonchev–Trinajstić information content (AvgIpc) is 2.63. The van der Waals surface area contributed by atoms with Gasteiger partial charge in [0, 0.05) is 20.1 Å². The lowest BCUT2D eigenvalue weighted by Gasteiger charge is -2.22. The molecule has 0 saturated heterocycles. The SMILES string of the molecule is Cc1ccc(-c2cc(I)cc(-c3ccc(C)cc3)c2NC(=O)C(C)(C)C)cc1. The molecular formula is C25H26INO. The molecule has 3 rings (SSSR count). The molecule has 0 bridgehead atoms. The molecule has 3 aromatic rings. The second-order valence-corrected chi connectivity index (χ2v) is 9.56. The van der Waals surface area contributed by atoms with Gasteiger partial charge in [-0.25, -0.2) is 0 Å². The van der Waals surface area contributed by atoms with Gasteiger partial charge in [0.1, 0.15) is 0 Å². The van der Waals surface area contributed by atoms with Crippen molar-refractivity contribution in [3.63, 3.8) is 0 Å². The Morgan fingerprint density at radius 2 is 1.18 bits per heavy atom. The summed E-state index contributed by atoms with van der Waals surface area (Å²) in [6.45, 7) is 9.97. The van der Waals surface area contributed by atoms with Crippen LogP contribution >= 0.6 is 22.6 Å². The minimum Gasteiger partial charge on any atom is -0.325 e. The lowest BCUT2D eigenvalue weighted by atomic mass is 9.92. The van der Waals surface area contributed by atoms with Crippen molar-refractivity contribution in [3.8, 4) is 22.3 Å². The topological polar surface area (TPSA) is 29.1 Å². The lowest BCUT2D eigenvalue weighted by molar-refractivity contribution is -0.123. The summed E-state index contributed by atoms with van der Waals surface area (Å²) in [6, 6.07) is 21.2. The Morgan fingerprint density at radius 3 is 1.54 bits per heavy atom. The molecule has 1 amide bonds. The van der Waals surface area contributed by atoms with Crippen LogP contribution in [-0.2, 0) is 4.79 Å². The summed E-state index contributed by atoms with van der Waals surface area (Å²) >= 11 is 2.35. The first-order chi connectivity index (χ1) is 13.1. The molecule has 0 saturated carbocycles. The van der Waals surface area contributed by atoms with Gasteiger partial charge in [-0.05, 0) is 59.7 Å². The smallest absolute Gasteiger partial charge is 0.229 e. The maximum Gasteiger partial charge on any atom is 0.229 e. The van der Waals surface area contributed by atoms with Crippen LogP contribution < -0.4 is 5.32 Å². The maximum atomic E-state index is 12.9. The van der Waals surface area contributed by atoms with E-state index in [1.807, 2.05) is 20.8 Å². The number of hydrogen-bond donors (Lipinski definition) is 1. The van der Waals surface area contributed by atoms with Crippen LogP contribution in [0.25, 0.3) is 22.3 Å². The number of halogens is 1. The van der Waals surface area contributed by atoms with Crippen molar-refractivity contribution in [2.75, 3.05) is 5.32 Å². The molecule has 0 aliphatic heterocycles. The number of carbonyl (C=O) groups is 1. The Kier molecular flexibility index (Phi) is 5.94. The highest BCUT2D eigenvalue weighted by Gasteiger charge is 2.24. The van der Waals surface area contributed by atoms with Crippen molar-refractivity contribution in [1.29, 1.82) is 0 Å². The largest absolute Gasteiger partial charge is 0.325 e. The summed E-state index contributed by atoms with van der Waals surface area (Å²) in [6.07, 6.45) is 0. The molecule has 0 aliphatic rings. The first-order valence-corrected chi connectivity index (χ1v) is 10.5. The Bertz CT molecular complexity index is 930. The zero-order chi connectivity index (χ0) is 20.5. The molecule has 0 heterocycles. The van der Waals surface area contributed by atoms with E-state index in [0.29, 0.717) is 0 Å². The molecule has 0 aliphatic carbocycles. The van der Waals surface area contributed by atoms with Gasteiger partial charge in [0.15, 0.2) is 0 Å². The minimum absolute atomic E-state index is 0.00966. The van der Waals surface area contributed by atoms with Crippen LogP contribution in [0.4, 0.5) is 5.69 Å². The van der Waals surface area contributed by atoms with Crippen molar-refractivity contribution in [1.82, 2.24) is 0 Å². The third-order valence-electron chi connectivity index (χ3n) is 4.75. The van der Waals surface area contributed by atoms with Gasteiger partial charge in [0.2, 0.25) is 5.91 Å². The Morgan fingerprint density at radius 1 is 0.786 bits per heavy atom. The molecule has 0 spiro atoms. The van der Waals surface area contributed by atoms with Gasteiger partial charge in [-0.15, -0.1) is 0 Å². The highest BCUT2D eigenvalue weighted by atomic mass is 127.